The van der Waals surface area contributed by atoms with Gasteiger partial charge in [0, 0.05) is 0 Å². The molecular weight excluding hydrogens is 404 g/mol. The van der Waals surface area contributed by atoms with E-state index in [2.05, 4.69) is 30.6 Å². The van der Waals surface area contributed by atoms with Crippen LogP contribution in [0.5, 0.6) is 0 Å². The Kier molecular flexibility index (Phi) is 4.29. The summed E-state index contributed by atoms with van der Waals surface area (Å²) in [6.07, 6.45) is 3.98. The van der Waals surface area contributed by atoms with Gasteiger partial charge in [-0.3, -0.25) is 0 Å². The molecule has 11 heteroatoms. The number of nitrogens with zero attached hydrogens (tertiary/aromatic N) is 4. The Morgan fingerprint density at radius 2 is 2.00 bits per heavy atom. The number of anilines is 1. The number of primary sulfonamides is 1. The van der Waals surface area contributed by atoms with Crippen molar-refractivity contribution in [2.45, 2.75) is 30.6 Å². The van der Waals surface area contributed by atoms with Crippen LogP contribution in [0.1, 0.15) is 24.8 Å². The van der Waals surface area contributed by atoms with Crippen LogP contribution in [0.25, 0.3) is 33.5 Å². The zero-order valence-corrected chi connectivity index (χ0v) is 16.8. The maximum Gasteiger partial charge on any atom is 0.239 e. The van der Waals surface area contributed by atoms with Crippen LogP contribution in [-0.4, -0.2) is 39.0 Å². The molecule has 2 aromatic heterocycles. The highest BCUT2D eigenvalue weighted by Gasteiger charge is 2.29. The van der Waals surface area contributed by atoms with Gasteiger partial charge in [-0.15, -0.1) is 10.2 Å². The van der Waals surface area contributed by atoms with Gasteiger partial charge in [0.05, 0.1) is 21.5 Å². The molecule has 10 nitrogen and oxygen atoms in total. The summed E-state index contributed by atoms with van der Waals surface area (Å²) in [5.74, 6) is 0.939. The average Bonchev–Trinajstić information content (AvgIpc) is 3.31. The Balaban J connectivity index is 1.77. The van der Waals surface area contributed by atoms with E-state index in [1.54, 1.807) is 0 Å². The Labute approximate surface area is 172 Å². The molecule has 1 aliphatic rings. The summed E-state index contributed by atoms with van der Waals surface area (Å²) >= 11 is 0. The molecular formula is C19H20N8O2S. The number of benzene rings is 2. The number of imidazole rings is 1. The van der Waals surface area contributed by atoms with Crippen LogP contribution in [-0.2, 0) is 16.4 Å². The molecule has 154 valence electrons. The first-order valence-corrected chi connectivity index (χ1v) is 11.1. The van der Waals surface area contributed by atoms with E-state index in [-0.39, 0.29) is 10.7 Å². The number of nitrogens with one attached hydrogen (secondary N) is 2. The number of tetrazole rings is 1. The number of hydrogen-bond donors (Lipinski definition) is 4. The average molecular weight is 424 g/mol. The lowest BCUT2D eigenvalue weighted by molar-refractivity contribution is 0.313. The summed E-state index contributed by atoms with van der Waals surface area (Å²) in [6.45, 7) is 0. The Morgan fingerprint density at radius 3 is 2.67 bits per heavy atom. The predicted molar refractivity (Wildman–Crippen MR) is 112 cm³/mol. The number of aromatic amines is 2. The number of fused-ring (bicyclic) bond motifs is 1. The second-order valence-electron chi connectivity index (χ2n) is 7.61. The third-order valence-corrected chi connectivity index (χ3v) is 6.67. The fourth-order valence-electron chi connectivity index (χ4n) is 4.05. The molecule has 30 heavy (non-hydrogen) atoms. The van der Waals surface area contributed by atoms with Crippen LogP contribution < -0.4 is 10.9 Å². The Bertz CT molecular complexity index is 1340. The van der Waals surface area contributed by atoms with Crippen molar-refractivity contribution in [1.29, 1.82) is 0 Å². The molecule has 1 saturated carbocycles. The highest BCUT2D eigenvalue weighted by molar-refractivity contribution is 7.89. The standard InChI is InChI=1S/C19H20N8O2S/c20-19-22-14-7-5-11(9-15(14)23-19)13-6-4-12(8-10-2-1-3-10)17(30(21,28)29)16(13)18-24-26-27-25-18/h4-7,9-10H,1-3,8H2,(H3,20,22,23)(H2,21,28,29)(H,24,25,26,27). The van der Waals surface area contributed by atoms with Crippen LogP contribution in [0.4, 0.5) is 5.95 Å². The van der Waals surface area contributed by atoms with Gasteiger partial charge in [-0.25, -0.2) is 18.5 Å². The largest absolute Gasteiger partial charge is 0.369 e. The molecule has 2 heterocycles. The minimum Gasteiger partial charge on any atom is -0.369 e. The van der Waals surface area contributed by atoms with Gasteiger partial charge in [0.15, 0.2) is 5.95 Å². The van der Waals surface area contributed by atoms with Gasteiger partial charge in [0.2, 0.25) is 15.8 Å². The third-order valence-electron chi connectivity index (χ3n) is 5.64. The third kappa shape index (κ3) is 3.21. The first kappa shape index (κ1) is 18.7. The van der Waals surface area contributed by atoms with Gasteiger partial charge < -0.3 is 10.7 Å². The maximum absolute atomic E-state index is 12.7. The Morgan fingerprint density at radius 1 is 1.17 bits per heavy atom. The molecule has 1 aliphatic carbocycles. The summed E-state index contributed by atoms with van der Waals surface area (Å²) in [4.78, 5) is 7.25. The highest BCUT2D eigenvalue weighted by Crippen LogP contribution is 2.40. The van der Waals surface area contributed by atoms with Gasteiger partial charge in [-0.2, -0.15) is 5.21 Å². The number of H-pyrrole nitrogens is 2. The maximum atomic E-state index is 12.7. The van der Waals surface area contributed by atoms with Crippen molar-refractivity contribution < 1.29 is 8.42 Å². The van der Waals surface area contributed by atoms with Gasteiger partial charge in [0.25, 0.3) is 0 Å². The number of hydrogen-bond acceptors (Lipinski definition) is 7. The van der Waals surface area contributed by atoms with Gasteiger partial charge in [-0.1, -0.05) is 37.5 Å². The lowest BCUT2D eigenvalue weighted by Gasteiger charge is -2.26. The fraction of sp³-hybridized carbons (Fsp3) is 0.263. The minimum atomic E-state index is -4.05. The fourth-order valence-corrected chi connectivity index (χ4v) is 5.05. The van der Waals surface area contributed by atoms with Crippen molar-refractivity contribution >= 4 is 27.0 Å². The summed E-state index contributed by atoms with van der Waals surface area (Å²) in [5, 5.41) is 19.8. The van der Waals surface area contributed by atoms with E-state index in [1.165, 1.54) is 6.42 Å². The predicted octanol–water partition coefficient (Wildman–Crippen LogP) is 1.98. The van der Waals surface area contributed by atoms with Crippen LogP contribution in [0, 0.1) is 5.92 Å². The van der Waals surface area contributed by atoms with Gasteiger partial charge in [0.1, 0.15) is 0 Å². The van der Waals surface area contributed by atoms with Gasteiger partial charge >= 0.3 is 0 Å². The number of rotatable bonds is 5. The van der Waals surface area contributed by atoms with Crippen molar-refractivity contribution in [2.24, 2.45) is 11.1 Å². The normalized spacial score (nSPS) is 14.8. The van der Waals surface area contributed by atoms with Crippen molar-refractivity contribution in [2.75, 3.05) is 5.73 Å². The molecule has 4 aromatic rings. The van der Waals surface area contributed by atoms with E-state index < -0.39 is 10.0 Å². The number of nitrogens with two attached hydrogens (primary N) is 2. The molecule has 0 radical (unpaired) electrons. The molecule has 5 rings (SSSR count). The molecule has 2 aromatic carbocycles. The zero-order valence-electron chi connectivity index (χ0n) is 16.0. The lowest BCUT2D eigenvalue weighted by Crippen LogP contribution is -2.20. The van der Waals surface area contributed by atoms with Crippen LogP contribution in [0.3, 0.4) is 0 Å². The second kappa shape index (κ2) is 6.89. The van der Waals surface area contributed by atoms with Crippen LogP contribution in [0.15, 0.2) is 35.2 Å². The second-order valence-corrected chi connectivity index (χ2v) is 9.11. The molecule has 0 spiro atoms. The summed E-state index contributed by atoms with van der Waals surface area (Å²) < 4.78 is 25.4. The van der Waals surface area contributed by atoms with E-state index in [9.17, 15) is 8.42 Å². The molecule has 0 atom stereocenters. The summed E-state index contributed by atoms with van der Waals surface area (Å²) in [5.41, 5.74) is 9.62. The van der Waals surface area contributed by atoms with E-state index in [0.29, 0.717) is 40.5 Å². The quantitative estimate of drug-likeness (QED) is 0.379. The molecule has 0 saturated heterocycles. The highest BCUT2D eigenvalue weighted by atomic mass is 32.2. The molecule has 1 fully saturated rings. The first-order chi connectivity index (χ1) is 14.4. The molecule has 6 N–H and O–H groups in total. The number of sulfonamides is 1. The zero-order chi connectivity index (χ0) is 20.9. The number of aromatic nitrogens is 6. The van der Waals surface area contributed by atoms with E-state index in [0.717, 1.165) is 23.9 Å². The van der Waals surface area contributed by atoms with Gasteiger partial charge in [-0.05, 0) is 46.4 Å². The SMILES string of the molecule is Nc1nc2ccc(-c3ccc(CC4CCC4)c(S(N)(=O)=O)c3-c3nn[nH]n3)cc2[nH]1. The minimum absolute atomic E-state index is 0.0533. The lowest BCUT2D eigenvalue weighted by atomic mass is 9.80. The number of nitrogen functional groups attached to an aromatic ring is 1. The summed E-state index contributed by atoms with van der Waals surface area (Å²) in [7, 11) is -4.05. The van der Waals surface area contributed by atoms with Crippen molar-refractivity contribution in [1.82, 2.24) is 30.6 Å². The van der Waals surface area contributed by atoms with E-state index >= 15 is 0 Å². The van der Waals surface area contributed by atoms with E-state index in [1.807, 2.05) is 30.3 Å². The smallest absolute Gasteiger partial charge is 0.239 e. The molecule has 0 bridgehead atoms. The van der Waals surface area contributed by atoms with Crippen molar-refractivity contribution in [3.63, 3.8) is 0 Å². The van der Waals surface area contributed by atoms with Crippen molar-refractivity contribution in [3.05, 3.63) is 35.9 Å². The molecule has 0 amide bonds. The topological polar surface area (TPSA) is 169 Å². The van der Waals surface area contributed by atoms with E-state index in [4.69, 9.17) is 10.9 Å². The first-order valence-electron chi connectivity index (χ1n) is 9.58. The van der Waals surface area contributed by atoms with Crippen LogP contribution >= 0.6 is 0 Å². The summed E-state index contributed by atoms with van der Waals surface area (Å²) in [6, 6.07) is 9.24. The van der Waals surface area contributed by atoms with Crippen molar-refractivity contribution in [3.8, 4) is 22.5 Å². The molecule has 0 unspecified atom stereocenters. The Hall–Kier alpha value is -3.31. The monoisotopic (exact) mass is 424 g/mol. The van der Waals surface area contributed by atoms with Crippen LogP contribution in [0.2, 0.25) is 0 Å². The molecule has 0 aliphatic heterocycles.